The summed E-state index contributed by atoms with van der Waals surface area (Å²) in [6, 6.07) is 0. The second kappa shape index (κ2) is 5.82. The lowest BCUT2D eigenvalue weighted by Crippen LogP contribution is -2.34. The van der Waals surface area contributed by atoms with Crippen molar-refractivity contribution in [1.29, 1.82) is 0 Å². The maximum atomic E-state index is 11.9. The molecule has 0 aliphatic heterocycles. The number of hydrogen-bond acceptors (Lipinski definition) is 3. The van der Waals surface area contributed by atoms with E-state index in [1.165, 1.54) is 12.8 Å². The number of nitrogens with two attached hydrogens (primary N) is 1. The van der Waals surface area contributed by atoms with Gasteiger partial charge in [-0.05, 0) is 38.1 Å². The number of rotatable bonds is 8. The van der Waals surface area contributed by atoms with E-state index < -0.39 is 10.0 Å². The number of sulfonamides is 1. The Hall–Kier alpha value is -0.130. The van der Waals surface area contributed by atoms with Crippen molar-refractivity contribution in [3.05, 3.63) is 0 Å². The van der Waals surface area contributed by atoms with Crippen molar-refractivity contribution in [3.8, 4) is 0 Å². The van der Waals surface area contributed by atoms with Gasteiger partial charge >= 0.3 is 0 Å². The summed E-state index contributed by atoms with van der Waals surface area (Å²) in [4.78, 5) is 0. The fourth-order valence-corrected chi connectivity index (χ4v) is 3.24. The summed E-state index contributed by atoms with van der Waals surface area (Å²) < 4.78 is 25.4. The Morgan fingerprint density at radius 3 is 2.47 bits per heavy atom. The molecule has 0 saturated heterocycles. The molecular formula is C10H22N2O2S. The minimum absolute atomic E-state index is 0.255. The molecule has 5 heteroatoms. The van der Waals surface area contributed by atoms with Crippen LogP contribution in [0.2, 0.25) is 0 Å². The topological polar surface area (TPSA) is 63.4 Å². The van der Waals surface area contributed by atoms with Crippen molar-refractivity contribution in [2.24, 2.45) is 11.7 Å². The van der Waals surface area contributed by atoms with Gasteiger partial charge in [0.1, 0.15) is 0 Å². The Morgan fingerprint density at radius 1 is 1.33 bits per heavy atom. The first kappa shape index (κ1) is 12.9. The Kier molecular flexibility index (Phi) is 5.02. The molecule has 1 rings (SSSR count). The largest absolute Gasteiger partial charge is 0.330 e. The fourth-order valence-electron chi connectivity index (χ4n) is 1.59. The third-order valence-electron chi connectivity index (χ3n) is 2.76. The summed E-state index contributed by atoms with van der Waals surface area (Å²) in [5.41, 5.74) is 5.35. The molecular weight excluding hydrogens is 212 g/mol. The minimum atomic E-state index is -3.02. The van der Waals surface area contributed by atoms with Gasteiger partial charge in [0.15, 0.2) is 0 Å². The smallest absolute Gasteiger partial charge is 0.214 e. The Bertz CT molecular complexity index is 273. The molecule has 4 nitrogen and oxygen atoms in total. The lowest BCUT2D eigenvalue weighted by molar-refractivity contribution is 0.411. The van der Waals surface area contributed by atoms with E-state index in [4.69, 9.17) is 5.73 Å². The van der Waals surface area contributed by atoms with Crippen LogP contribution in [0.15, 0.2) is 0 Å². The first-order valence-electron chi connectivity index (χ1n) is 5.78. The zero-order chi connectivity index (χ0) is 11.3. The molecule has 1 fully saturated rings. The SMILES string of the molecule is CCN(CC1CC1)S(=O)(=O)CCCCN. The van der Waals surface area contributed by atoms with Crippen LogP contribution in [-0.4, -0.2) is 38.1 Å². The monoisotopic (exact) mass is 234 g/mol. The minimum Gasteiger partial charge on any atom is -0.330 e. The van der Waals surface area contributed by atoms with Crippen LogP contribution in [0.25, 0.3) is 0 Å². The van der Waals surface area contributed by atoms with Gasteiger partial charge < -0.3 is 5.73 Å². The van der Waals surface area contributed by atoms with Gasteiger partial charge in [0.2, 0.25) is 10.0 Å². The summed E-state index contributed by atoms with van der Waals surface area (Å²) >= 11 is 0. The fraction of sp³-hybridized carbons (Fsp3) is 1.00. The molecule has 0 aromatic carbocycles. The zero-order valence-electron chi connectivity index (χ0n) is 9.48. The highest BCUT2D eigenvalue weighted by Crippen LogP contribution is 2.30. The number of hydrogen-bond donors (Lipinski definition) is 1. The second-order valence-electron chi connectivity index (χ2n) is 4.21. The quantitative estimate of drug-likeness (QED) is 0.631. The van der Waals surface area contributed by atoms with Gasteiger partial charge in [-0.2, -0.15) is 0 Å². The molecule has 2 N–H and O–H groups in total. The molecule has 0 radical (unpaired) electrons. The third kappa shape index (κ3) is 4.49. The Labute approximate surface area is 92.9 Å². The second-order valence-corrected chi connectivity index (χ2v) is 6.29. The predicted octanol–water partition coefficient (Wildman–Crippen LogP) is 0.787. The van der Waals surface area contributed by atoms with Gasteiger partial charge in [-0.3, -0.25) is 0 Å². The highest BCUT2D eigenvalue weighted by Gasteiger charge is 2.29. The van der Waals surface area contributed by atoms with E-state index in [0.29, 0.717) is 25.4 Å². The van der Waals surface area contributed by atoms with Gasteiger partial charge in [-0.25, -0.2) is 12.7 Å². The summed E-state index contributed by atoms with van der Waals surface area (Å²) in [7, 11) is -3.02. The molecule has 0 bridgehead atoms. The molecule has 0 aromatic heterocycles. The maximum Gasteiger partial charge on any atom is 0.214 e. The molecule has 0 heterocycles. The van der Waals surface area contributed by atoms with E-state index in [1.807, 2.05) is 6.92 Å². The van der Waals surface area contributed by atoms with Crippen molar-refractivity contribution >= 4 is 10.0 Å². The molecule has 0 amide bonds. The van der Waals surface area contributed by atoms with Crippen LogP contribution >= 0.6 is 0 Å². The molecule has 0 atom stereocenters. The normalized spacial score (nSPS) is 17.3. The summed E-state index contributed by atoms with van der Waals surface area (Å²) in [6.45, 7) is 3.80. The van der Waals surface area contributed by atoms with Crippen LogP contribution in [0.1, 0.15) is 32.6 Å². The van der Waals surface area contributed by atoms with Crippen LogP contribution in [0, 0.1) is 5.92 Å². The van der Waals surface area contributed by atoms with Gasteiger partial charge in [0.05, 0.1) is 5.75 Å². The highest BCUT2D eigenvalue weighted by atomic mass is 32.2. The van der Waals surface area contributed by atoms with E-state index in [2.05, 4.69) is 0 Å². The number of unbranched alkanes of at least 4 members (excludes halogenated alkanes) is 1. The maximum absolute atomic E-state index is 11.9. The van der Waals surface area contributed by atoms with E-state index in [9.17, 15) is 8.42 Å². The Balaban J connectivity index is 2.40. The number of nitrogens with zero attached hydrogens (tertiary/aromatic N) is 1. The summed E-state index contributed by atoms with van der Waals surface area (Å²) in [5.74, 6) is 0.874. The zero-order valence-corrected chi connectivity index (χ0v) is 10.3. The van der Waals surface area contributed by atoms with Gasteiger partial charge in [-0.15, -0.1) is 0 Å². The van der Waals surface area contributed by atoms with E-state index in [-0.39, 0.29) is 5.75 Å². The lowest BCUT2D eigenvalue weighted by Gasteiger charge is -2.20. The van der Waals surface area contributed by atoms with Crippen LogP contribution in [0.5, 0.6) is 0 Å². The van der Waals surface area contributed by atoms with Crippen LogP contribution < -0.4 is 5.73 Å². The van der Waals surface area contributed by atoms with Crippen molar-refractivity contribution < 1.29 is 8.42 Å². The molecule has 90 valence electrons. The van der Waals surface area contributed by atoms with E-state index in [1.54, 1.807) is 4.31 Å². The van der Waals surface area contributed by atoms with Crippen molar-refractivity contribution in [2.75, 3.05) is 25.4 Å². The van der Waals surface area contributed by atoms with Gasteiger partial charge in [-0.1, -0.05) is 6.92 Å². The lowest BCUT2D eigenvalue weighted by atomic mass is 10.3. The van der Waals surface area contributed by atoms with E-state index in [0.717, 1.165) is 13.0 Å². The van der Waals surface area contributed by atoms with Gasteiger partial charge in [0, 0.05) is 13.1 Å². The molecule has 0 aromatic rings. The standard InChI is InChI=1S/C10H22N2O2S/c1-2-12(9-10-5-6-10)15(13,14)8-4-3-7-11/h10H,2-9,11H2,1H3. The average Bonchev–Trinajstić information content (AvgIpc) is 2.97. The first-order chi connectivity index (χ1) is 7.10. The predicted molar refractivity (Wildman–Crippen MR) is 62.0 cm³/mol. The van der Waals surface area contributed by atoms with Crippen molar-refractivity contribution in [1.82, 2.24) is 4.31 Å². The Morgan fingerprint density at radius 2 is 2.00 bits per heavy atom. The summed E-state index contributed by atoms with van der Waals surface area (Å²) in [6.07, 6.45) is 3.85. The van der Waals surface area contributed by atoms with Crippen LogP contribution in [0.4, 0.5) is 0 Å². The molecule has 1 aliphatic rings. The molecule has 15 heavy (non-hydrogen) atoms. The summed E-state index contributed by atoms with van der Waals surface area (Å²) in [5, 5.41) is 0. The molecule has 0 spiro atoms. The average molecular weight is 234 g/mol. The molecule has 1 aliphatic carbocycles. The van der Waals surface area contributed by atoms with Crippen LogP contribution in [-0.2, 0) is 10.0 Å². The molecule has 1 saturated carbocycles. The van der Waals surface area contributed by atoms with Crippen molar-refractivity contribution in [2.45, 2.75) is 32.6 Å². The highest BCUT2D eigenvalue weighted by molar-refractivity contribution is 7.89. The van der Waals surface area contributed by atoms with E-state index >= 15 is 0 Å². The molecule has 0 unspecified atom stereocenters. The third-order valence-corrected chi connectivity index (χ3v) is 4.76. The van der Waals surface area contributed by atoms with Crippen LogP contribution in [0.3, 0.4) is 0 Å². The first-order valence-corrected chi connectivity index (χ1v) is 7.39. The van der Waals surface area contributed by atoms with Crippen molar-refractivity contribution in [3.63, 3.8) is 0 Å². The van der Waals surface area contributed by atoms with Gasteiger partial charge in [0.25, 0.3) is 0 Å².